The number of carbonyl (C=O) groups is 2. The molecule has 3 unspecified atom stereocenters. The van der Waals surface area contributed by atoms with Crippen molar-refractivity contribution in [3.63, 3.8) is 0 Å². The second-order valence-corrected chi connectivity index (χ2v) is 8.21. The molecule has 1 aliphatic rings. The summed E-state index contributed by atoms with van der Waals surface area (Å²) in [4.78, 5) is 23.7. The van der Waals surface area contributed by atoms with Crippen molar-refractivity contribution >= 4 is 11.7 Å². The number of rotatable bonds is 8. The molecule has 0 bridgehead atoms. The predicted octanol–water partition coefficient (Wildman–Crippen LogP) is 4.31. The van der Waals surface area contributed by atoms with Gasteiger partial charge in [-0.2, -0.15) is 0 Å². The number of nitrogens with two attached hydrogens (primary N) is 1. The minimum atomic E-state index is -0.247. The Hall–Kier alpha value is -1.64. The third-order valence-electron chi connectivity index (χ3n) is 5.73. The van der Waals surface area contributed by atoms with E-state index in [4.69, 9.17) is 5.73 Å². The molecule has 25 heavy (non-hydrogen) atoms. The van der Waals surface area contributed by atoms with Gasteiger partial charge >= 0.3 is 0 Å². The highest BCUT2D eigenvalue weighted by molar-refractivity contribution is 5.83. The molecule has 0 aromatic heterocycles. The number of amides is 1. The third kappa shape index (κ3) is 5.98. The summed E-state index contributed by atoms with van der Waals surface area (Å²) in [5.41, 5.74) is 7.47. The number of benzene rings is 1. The van der Waals surface area contributed by atoms with Crippen molar-refractivity contribution in [2.75, 3.05) is 0 Å². The molecule has 1 amide bonds. The van der Waals surface area contributed by atoms with E-state index in [1.54, 1.807) is 0 Å². The van der Waals surface area contributed by atoms with Crippen molar-refractivity contribution in [2.24, 2.45) is 29.4 Å². The zero-order valence-electron chi connectivity index (χ0n) is 16.0. The highest BCUT2D eigenvalue weighted by Crippen LogP contribution is 2.38. The van der Waals surface area contributed by atoms with Crippen molar-refractivity contribution in [3.8, 4) is 0 Å². The van der Waals surface area contributed by atoms with E-state index in [9.17, 15) is 9.59 Å². The van der Waals surface area contributed by atoms with E-state index in [2.05, 4.69) is 45.0 Å². The molecule has 1 saturated carbocycles. The van der Waals surface area contributed by atoms with Gasteiger partial charge in [0, 0.05) is 18.8 Å². The first-order valence-electron chi connectivity index (χ1n) is 9.75. The number of Topliss-reactive ketones (excluding diaryl/α,β-unsaturated/α-hetero) is 1. The molecule has 138 valence electrons. The molecule has 3 atom stereocenters. The fourth-order valence-electron chi connectivity index (χ4n) is 4.20. The Labute approximate surface area is 152 Å². The van der Waals surface area contributed by atoms with Crippen LogP contribution in [0, 0.1) is 23.7 Å². The van der Waals surface area contributed by atoms with Gasteiger partial charge in [0.2, 0.25) is 5.91 Å². The molecule has 0 heterocycles. The maximum atomic E-state index is 12.9. The quantitative estimate of drug-likeness (QED) is 0.764. The first-order chi connectivity index (χ1) is 11.9. The van der Waals surface area contributed by atoms with Crippen LogP contribution in [-0.4, -0.2) is 11.7 Å². The Morgan fingerprint density at radius 2 is 1.76 bits per heavy atom. The number of carbonyl (C=O) groups excluding carboxylic acids is 2. The molecular weight excluding hydrogens is 310 g/mol. The van der Waals surface area contributed by atoms with Gasteiger partial charge in [0.05, 0.1) is 0 Å². The van der Waals surface area contributed by atoms with Crippen molar-refractivity contribution in [3.05, 3.63) is 35.4 Å². The second kappa shape index (κ2) is 9.17. The molecular formula is C22H33NO2. The number of hydrogen-bond donors (Lipinski definition) is 1. The summed E-state index contributed by atoms with van der Waals surface area (Å²) in [6, 6.07) is 8.28. The van der Waals surface area contributed by atoms with Crippen LogP contribution in [0.3, 0.4) is 0 Å². The minimum Gasteiger partial charge on any atom is -0.370 e. The number of aryl methyl sites for hydroxylation is 1. The fourth-order valence-corrected chi connectivity index (χ4v) is 4.20. The lowest BCUT2D eigenvalue weighted by molar-refractivity contribution is -0.126. The lowest BCUT2D eigenvalue weighted by Gasteiger charge is -2.36. The predicted molar refractivity (Wildman–Crippen MR) is 102 cm³/mol. The molecule has 1 fully saturated rings. The van der Waals surface area contributed by atoms with Gasteiger partial charge in [-0.1, -0.05) is 51.5 Å². The van der Waals surface area contributed by atoms with E-state index in [0.29, 0.717) is 36.4 Å². The average molecular weight is 344 g/mol. The smallest absolute Gasteiger partial charge is 0.217 e. The summed E-state index contributed by atoms with van der Waals surface area (Å²) < 4.78 is 0. The number of primary amides is 1. The van der Waals surface area contributed by atoms with Crippen LogP contribution in [0.5, 0.6) is 0 Å². The first kappa shape index (κ1) is 19.7. The second-order valence-electron chi connectivity index (χ2n) is 8.21. The fraction of sp³-hybridized carbons (Fsp3) is 0.636. The molecule has 3 nitrogen and oxygen atoms in total. The van der Waals surface area contributed by atoms with Gasteiger partial charge in [0.25, 0.3) is 0 Å². The van der Waals surface area contributed by atoms with E-state index in [1.807, 2.05) is 0 Å². The molecule has 0 saturated heterocycles. The Kier molecular flexibility index (Phi) is 7.22. The Morgan fingerprint density at radius 3 is 2.36 bits per heavy atom. The van der Waals surface area contributed by atoms with Gasteiger partial charge in [0.1, 0.15) is 5.78 Å². The largest absolute Gasteiger partial charge is 0.370 e. The summed E-state index contributed by atoms with van der Waals surface area (Å²) in [5.74, 6) is 2.16. The summed E-state index contributed by atoms with van der Waals surface area (Å²) in [6.07, 6.45) is 6.10. The summed E-state index contributed by atoms with van der Waals surface area (Å²) in [7, 11) is 0. The average Bonchev–Trinajstić information content (AvgIpc) is 2.55. The molecule has 0 spiro atoms. The maximum absolute atomic E-state index is 12.9. The highest BCUT2D eigenvalue weighted by atomic mass is 16.1. The Morgan fingerprint density at radius 1 is 1.12 bits per heavy atom. The molecule has 1 aromatic carbocycles. The van der Waals surface area contributed by atoms with Crippen LogP contribution in [0.4, 0.5) is 0 Å². The van der Waals surface area contributed by atoms with Gasteiger partial charge in [-0.05, 0) is 54.6 Å². The van der Waals surface area contributed by atoms with Crippen molar-refractivity contribution in [2.45, 2.75) is 65.7 Å². The molecule has 2 rings (SSSR count). The standard InChI is InChI=1S/C22H33NO2/c1-15(2)19-12-7-16(3)13-20(19)21(24)14-18-10-8-17(9-11-18)5-4-6-22(23)25/h8-11,15-16,19-20H,4-7,12-14H2,1-3H3,(H2,23,25). The van der Waals surface area contributed by atoms with Gasteiger partial charge in [-0.15, -0.1) is 0 Å². The Balaban J connectivity index is 1.93. The van der Waals surface area contributed by atoms with E-state index < -0.39 is 0 Å². The lowest BCUT2D eigenvalue weighted by atomic mass is 9.68. The molecule has 0 aliphatic heterocycles. The maximum Gasteiger partial charge on any atom is 0.217 e. The van der Waals surface area contributed by atoms with Crippen LogP contribution >= 0.6 is 0 Å². The Bertz CT molecular complexity index is 576. The van der Waals surface area contributed by atoms with Gasteiger partial charge in [-0.25, -0.2) is 0 Å². The minimum absolute atomic E-state index is 0.221. The zero-order valence-corrected chi connectivity index (χ0v) is 16.0. The van der Waals surface area contributed by atoms with Crippen molar-refractivity contribution in [1.29, 1.82) is 0 Å². The summed E-state index contributed by atoms with van der Waals surface area (Å²) >= 11 is 0. The van der Waals surface area contributed by atoms with Crippen LogP contribution in [0.1, 0.15) is 64.0 Å². The van der Waals surface area contributed by atoms with E-state index >= 15 is 0 Å². The van der Waals surface area contributed by atoms with Gasteiger partial charge in [-0.3, -0.25) is 9.59 Å². The normalized spacial score (nSPS) is 23.6. The van der Waals surface area contributed by atoms with Crippen LogP contribution < -0.4 is 5.73 Å². The topological polar surface area (TPSA) is 60.2 Å². The van der Waals surface area contributed by atoms with E-state index in [0.717, 1.165) is 24.8 Å². The lowest BCUT2D eigenvalue weighted by Crippen LogP contribution is -2.34. The highest BCUT2D eigenvalue weighted by Gasteiger charge is 2.34. The number of ketones is 1. The molecule has 1 aliphatic carbocycles. The zero-order chi connectivity index (χ0) is 18.4. The van der Waals surface area contributed by atoms with Crippen molar-refractivity contribution in [1.82, 2.24) is 0 Å². The third-order valence-corrected chi connectivity index (χ3v) is 5.73. The number of hydrogen-bond acceptors (Lipinski definition) is 2. The molecule has 3 heteroatoms. The van der Waals surface area contributed by atoms with Gasteiger partial charge in [0.15, 0.2) is 0 Å². The first-order valence-corrected chi connectivity index (χ1v) is 9.75. The summed E-state index contributed by atoms with van der Waals surface area (Å²) in [6.45, 7) is 6.78. The molecule has 1 aromatic rings. The van der Waals surface area contributed by atoms with E-state index in [1.165, 1.54) is 18.4 Å². The SMILES string of the molecule is CC1CCC(C(C)C)C(C(=O)Cc2ccc(CCCC(N)=O)cc2)C1. The van der Waals surface area contributed by atoms with Crippen LogP contribution in [0.15, 0.2) is 24.3 Å². The van der Waals surface area contributed by atoms with Gasteiger partial charge < -0.3 is 5.73 Å². The van der Waals surface area contributed by atoms with E-state index in [-0.39, 0.29) is 11.8 Å². The molecule has 0 radical (unpaired) electrons. The monoisotopic (exact) mass is 343 g/mol. The van der Waals surface area contributed by atoms with Crippen LogP contribution in [0.2, 0.25) is 0 Å². The van der Waals surface area contributed by atoms with Crippen molar-refractivity contribution < 1.29 is 9.59 Å². The van der Waals surface area contributed by atoms with Crippen LogP contribution in [-0.2, 0) is 22.4 Å². The van der Waals surface area contributed by atoms with Crippen LogP contribution in [0.25, 0.3) is 0 Å². The summed E-state index contributed by atoms with van der Waals surface area (Å²) in [5, 5.41) is 0. The molecule has 2 N–H and O–H groups in total.